The van der Waals surface area contributed by atoms with Gasteiger partial charge in [-0.05, 0) is 62.2 Å². The molecule has 0 aliphatic heterocycles. The summed E-state index contributed by atoms with van der Waals surface area (Å²) in [5, 5.41) is 0.521. The minimum absolute atomic E-state index is 0.0739. The maximum Gasteiger partial charge on any atom is 0.266 e. The minimum Gasteiger partial charge on any atom is -0.332 e. The molecule has 0 bridgehead atoms. The number of hydrogen-bond donors (Lipinski definition) is 0. The van der Waals surface area contributed by atoms with Gasteiger partial charge < -0.3 is 4.90 Å². The zero-order valence-electron chi connectivity index (χ0n) is 19.7. The normalized spacial score (nSPS) is 12.0. The van der Waals surface area contributed by atoms with E-state index in [2.05, 4.69) is 0 Å². The van der Waals surface area contributed by atoms with Gasteiger partial charge in [0.15, 0.2) is 0 Å². The van der Waals surface area contributed by atoms with Gasteiger partial charge in [0.25, 0.3) is 5.56 Å². The van der Waals surface area contributed by atoms with Crippen LogP contribution in [0.4, 0.5) is 4.39 Å². The Balaban J connectivity index is 1.82. The lowest BCUT2D eigenvalue weighted by Crippen LogP contribution is -2.38. The molecule has 1 heterocycles. The molecule has 0 aliphatic carbocycles. The van der Waals surface area contributed by atoms with Gasteiger partial charge in [-0.1, -0.05) is 48.9 Å². The molecular formula is C28H28FN3O2. The summed E-state index contributed by atoms with van der Waals surface area (Å²) < 4.78 is 15.3. The fourth-order valence-corrected chi connectivity index (χ4v) is 4.21. The van der Waals surface area contributed by atoms with Crippen LogP contribution in [0.15, 0.2) is 77.6 Å². The highest BCUT2D eigenvalue weighted by atomic mass is 19.1. The Labute approximate surface area is 198 Å². The molecule has 0 fully saturated rings. The van der Waals surface area contributed by atoms with E-state index in [1.54, 1.807) is 27.7 Å². The number of hydrogen-bond acceptors (Lipinski definition) is 3. The molecule has 0 aliphatic rings. The van der Waals surface area contributed by atoms with E-state index in [0.717, 1.165) is 12.0 Å². The molecule has 6 heteroatoms. The number of carbonyl (C=O) groups excluding carboxylic acids is 1. The van der Waals surface area contributed by atoms with Gasteiger partial charge in [-0.15, -0.1) is 0 Å². The minimum atomic E-state index is -0.473. The van der Waals surface area contributed by atoms with Crippen LogP contribution in [-0.4, -0.2) is 26.9 Å². The van der Waals surface area contributed by atoms with Crippen molar-refractivity contribution in [3.63, 3.8) is 0 Å². The predicted octanol–water partition coefficient (Wildman–Crippen LogP) is 5.38. The molecule has 5 nitrogen and oxygen atoms in total. The highest BCUT2D eigenvalue weighted by molar-refractivity contribution is 5.80. The second-order valence-electron chi connectivity index (χ2n) is 8.53. The highest BCUT2D eigenvalue weighted by Gasteiger charge is 2.26. The van der Waals surface area contributed by atoms with Gasteiger partial charge in [-0.2, -0.15) is 0 Å². The van der Waals surface area contributed by atoms with E-state index in [4.69, 9.17) is 4.98 Å². The van der Waals surface area contributed by atoms with E-state index < -0.39 is 6.04 Å². The summed E-state index contributed by atoms with van der Waals surface area (Å²) in [7, 11) is 0. The molecule has 0 spiro atoms. The number of carbonyl (C=O) groups is 1. The number of fused-ring (bicyclic) bond motifs is 1. The Hall–Kier alpha value is -3.80. The second-order valence-corrected chi connectivity index (χ2v) is 8.53. The molecule has 0 radical (unpaired) electrons. The van der Waals surface area contributed by atoms with Crippen LogP contribution in [0.2, 0.25) is 0 Å². The van der Waals surface area contributed by atoms with E-state index >= 15 is 0 Å². The fourth-order valence-electron chi connectivity index (χ4n) is 4.21. The third kappa shape index (κ3) is 4.76. The van der Waals surface area contributed by atoms with E-state index in [9.17, 15) is 14.0 Å². The van der Waals surface area contributed by atoms with Gasteiger partial charge in [0, 0.05) is 6.54 Å². The number of benzene rings is 3. The first-order valence-corrected chi connectivity index (χ1v) is 11.5. The number of halogens is 1. The summed E-state index contributed by atoms with van der Waals surface area (Å²) in [5.41, 5.74) is 2.81. The molecule has 1 amide bonds. The van der Waals surface area contributed by atoms with Crippen LogP contribution in [0.5, 0.6) is 0 Å². The standard InChI is InChI=1S/C28H28FN3O2/c1-4-16-31(26(33)18-21-8-7-9-22(29)17-21)20(3)27-30-25-11-6-5-10-24(25)28(34)32(27)23-14-12-19(2)13-15-23/h5-15,17,20H,4,16,18H2,1-3H3/t20-/m1/s1. The topological polar surface area (TPSA) is 55.2 Å². The molecule has 0 saturated carbocycles. The molecule has 3 aromatic carbocycles. The van der Waals surface area contributed by atoms with Gasteiger partial charge in [0.1, 0.15) is 11.6 Å². The van der Waals surface area contributed by atoms with E-state index in [-0.39, 0.29) is 23.7 Å². The van der Waals surface area contributed by atoms with Crippen molar-refractivity contribution >= 4 is 16.8 Å². The van der Waals surface area contributed by atoms with Crippen LogP contribution in [0.3, 0.4) is 0 Å². The molecule has 0 unspecified atom stereocenters. The van der Waals surface area contributed by atoms with Gasteiger partial charge in [-0.25, -0.2) is 9.37 Å². The van der Waals surface area contributed by atoms with Crippen LogP contribution in [0.1, 0.15) is 43.3 Å². The fraction of sp³-hybridized carbons (Fsp3) is 0.250. The summed E-state index contributed by atoms with van der Waals surface area (Å²) in [6.07, 6.45) is 0.812. The largest absolute Gasteiger partial charge is 0.332 e. The van der Waals surface area contributed by atoms with Crippen molar-refractivity contribution in [2.45, 2.75) is 39.7 Å². The number of amides is 1. The Kier molecular flexibility index (Phi) is 6.87. The number of para-hydroxylation sites is 1. The number of aryl methyl sites for hydroxylation is 1. The van der Waals surface area contributed by atoms with E-state index in [0.29, 0.717) is 34.5 Å². The number of rotatable bonds is 7. The number of aromatic nitrogens is 2. The van der Waals surface area contributed by atoms with Crippen LogP contribution < -0.4 is 5.56 Å². The van der Waals surface area contributed by atoms with Gasteiger partial charge in [0.05, 0.1) is 29.1 Å². The van der Waals surface area contributed by atoms with Crippen molar-refractivity contribution < 1.29 is 9.18 Å². The molecule has 1 aromatic heterocycles. The molecule has 4 aromatic rings. The van der Waals surface area contributed by atoms with Crippen LogP contribution >= 0.6 is 0 Å². The second kappa shape index (κ2) is 10.00. The van der Waals surface area contributed by atoms with Crippen molar-refractivity contribution in [1.82, 2.24) is 14.5 Å². The van der Waals surface area contributed by atoms with E-state index in [1.807, 2.05) is 63.2 Å². The maximum absolute atomic E-state index is 13.7. The lowest BCUT2D eigenvalue weighted by molar-refractivity contribution is -0.132. The molecule has 34 heavy (non-hydrogen) atoms. The summed E-state index contributed by atoms with van der Waals surface area (Å²) in [5.74, 6) is -0.0174. The quantitative estimate of drug-likeness (QED) is 0.375. The predicted molar refractivity (Wildman–Crippen MR) is 133 cm³/mol. The lowest BCUT2D eigenvalue weighted by Gasteiger charge is -2.30. The SMILES string of the molecule is CCCN(C(=O)Cc1cccc(F)c1)[C@H](C)c1nc2ccccc2c(=O)n1-c1ccc(C)cc1. The van der Waals surface area contributed by atoms with Gasteiger partial charge in [-0.3, -0.25) is 14.2 Å². The monoisotopic (exact) mass is 457 g/mol. The summed E-state index contributed by atoms with van der Waals surface area (Å²) >= 11 is 0. The smallest absolute Gasteiger partial charge is 0.266 e. The maximum atomic E-state index is 13.7. The van der Waals surface area contributed by atoms with Crippen molar-refractivity contribution in [1.29, 1.82) is 0 Å². The van der Waals surface area contributed by atoms with Crippen molar-refractivity contribution in [3.8, 4) is 5.69 Å². The van der Waals surface area contributed by atoms with Gasteiger partial charge >= 0.3 is 0 Å². The first kappa shape index (κ1) is 23.4. The summed E-state index contributed by atoms with van der Waals surface area (Å²) in [6, 6.07) is 20.5. The first-order valence-electron chi connectivity index (χ1n) is 11.5. The highest BCUT2D eigenvalue weighted by Crippen LogP contribution is 2.24. The molecule has 174 valence electrons. The summed E-state index contributed by atoms with van der Waals surface area (Å²) in [6.45, 7) is 6.37. The van der Waals surface area contributed by atoms with Crippen LogP contribution in [-0.2, 0) is 11.2 Å². The van der Waals surface area contributed by atoms with E-state index in [1.165, 1.54) is 12.1 Å². The molecule has 0 N–H and O–H groups in total. The molecular weight excluding hydrogens is 429 g/mol. The Morgan fingerprint density at radius 3 is 2.50 bits per heavy atom. The van der Waals surface area contributed by atoms with Crippen LogP contribution in [0.25, 0.3) is 16.6 Å². The third-order valence-corrected chi connectivity index (χ3v) is 5.96. The van der Waals surface area contributed by atoms with Crippen molar-refractivity contribution in [3.05, 3.63) is 106 Å². The zero-order valence-corrected chi connectivity index (χ0v) is 19.7. The zero-order chi connectivity index (χ0) is 24.2. The first-order chi connectivity index (χ1) is 16.4. The molecule has 1 atom stereocenters. The summed E-state index contributed by atoms with van der Waals surface area (Å²) in [4.78, 5) is 33.5. The Morgan fingerprint density at radius 1 is 1.06 bits per heavy atom. The molecule has 0 saturated heterocycles. The Bertz CT molecular complexity index is 1380. The van der Waals surface area contributed by atoms with Crippen molar-refractivity contribution in [2.24, 2.45) is 0 Å². The van der Waals surface area contributed by atoms with Crippen LogP contribution in [0, 0.1) is 12.7 Å². The Morgan fingerprint density at radius 2 is 1.79 bits per heavy atom. The van der Waals surface area contributed by atoms with Gasteiger partial charge in [0.2, 0.25) is 5.91 Å². The van der Waals surface area contributed by atoms with Crippen molar-refractivity contribution in [2.75, 3.05) is 6.54 Å². The molecule has 4 rings (SSSR count). The lowest BCUT2D eigenvalue weighted by atomic mass is 10.1. The number of nitrogens with zero attached hydrogens (tertiary/aromatic N) is 3. The third-order valence-electron chi connectivity index (χ3n) is 5.96. The average Bonchev–Trinajstić information content (AvgIpc) is 2.83. The average molecular weight is 458 g/mol.